The molecule has 106 valence electrons. The van der Waals surface area contributed by atoms with Crippen molar-refractivity contribution < 1.29 is 14.6 Å². The van der Waals surface area contributed by atoms with E-state index in [1.807, 2.05) is 29.2 Å². The van der Waals surface area contributed by atoms with E-state index in [2.05, 4.69) is 0 Å². The third-order valence-electron chi connectivity index (χ3n) is 5.13. The number of fused-ring (bicyclic) bond motifs is 2. The van der Waals surface area contributed by atoms with Gasteiger partial charge >= 0.3 is 0 Å². The molecule has 4 rings (SSSR count). The van der Waals surface area contributed by atoms with Gasteiger partial charge in [-0.2, -0.15) is 0 Å². The Bertz CT molecular complexity index is 544. The van der Waals surface area contributed by atoms with Crippen LogP contribution in [0.5, 0.6) is 5.75 Å². The van der Waals surface area contributed by atoms with E-state index in [9.17, 15) is 9.90 Å². The molecule has 4 atom stereocenters. The van der Waals surface area contributed by atoms with Crippen molar-refractivity contribution in [2.45, 2.75) is 24.9 Å². The number of aliphatic hydroxyl groups is 1. The first-order valence-electron chi connectivity index (χ1n) is 7.42. The van der Waals surface area contributed by atoms with Gasteiger partial charge in [0.2, 0.25) is 5.91 Å². The number of amides is 1. The molecule has 1 saturated heterocycles. The molecule has 3 aliphatic rings. The van der Waals surface area contributed by atoms with Crippen molar-refractivity contribution >= 4 is 5.91 Å². The molecule has 2 heterocycles. The van der Waals surface area contributed by atoms with Crippen molar-refractivity contribution in [3.63, 3.8) is 0 Å². The molecule has 1 aromatic carbocycles. The summed E-state index contributed by atoms with van der Waals surface area (Å²) in [4.78, 5) is 14.7. The van der Waals surface area contributed by atoms with Crippen LogP contribution in [0.4, 0.5) is 0 Å². The van der Waals surface area contributed by atoms with E-state index in [1.54, 1.807) is 0 Å². The number of para-hydroxylation sites is 1. The molecule has 20 heavy (non-hydrogen) atoms. The van der Waals surface area contributed by atoms with Gasteiger partial charge in [-0.15, -0.1) is 0 Å². The van der Waals surface area contributed by atoms with Gasteiger partial charge in [-0.25, -0.2) is 0 Å². The summed E-state index contributed by atoms with van der Waals surface area (Å²) in [6, 6.07) is 7.79. The largest absolute Gasteiger partial charge is 0.492 e. The lowest BCUT2D eigenvalue weighted by atomic mass is 9.99. The topological polar surface area (TPSA) is 49.8 Å². The molecule has 4 unspecified atom stereocenters. The summed E-state index contributed by atoms with van der Waals surface area (Å²) < 4.78 is 5.61. The number of benzene rings is 1. The van der Waals surface area contributed by atoms with Gasteiger partial charge in [0, 0.05) is 24.6 Å². The molecule has 2 aliphatic heterocycles. The number of nitrogens with zero attached hydrogens (tertiary/aromatic N) is 1. The number of rotatable bonds is 1. The van der Waals surface area contributed by atoms with E-state index in [-0.39, 0.29) is 23.8 Å². The van der Waals surface area contributed by atoms with Crippen molar-refractivity contribution in [3.8, 4) is 5.75 Å². The highest BCUT2D eigenvalue weighted by Crippen LogP contribution is 2.41. The van der Waals surface area contributed by atoms with Crippen LogP contribution in [0.15, 0.2) is 24.3 Å². The highest BCUT2D eigenvalue weighted by atomic mass is 16.5. The number of hydrogen-bond acceptors (Lipinski definition) is 3. The van der Waals surface area contributed by atoms with Crippen LogP contribution in [0.3, 0.4) is 0 Å². The van der Waals surface area contributed by atoms with Crippen LogP contribution in [0.1, 0.15) is 24.3 Å². The second-order valence-corrected chi connectivity index (χ2v) is 6.21. The van der Waals surface area contributed by atoms with Gasteiger partial charge in [0.05, 0.1) is 6.10 Å². The predicted octanol–water partition coefficient (Wildman–Crippen LogP) is 1.39. The zero-order valence-electron chi connectivity index (χ0n) is 11.4. The number of hydrogen-bond donors (Lipinski definition) is 1. The summed E-state index contributed by atoms with van der Waals surface area (Å²) in [6.45, 7) is 1.97. The second-order valence-electron chi connectivity index (χ2n) is 6.21. The highest BCUT2D eigenvalue weighted by molar-refractivity contribution is 5.85. The number of carbonyl (C=O) groups excluding carboxylic acids is 1. The fourth-order valence-electron chi connectivity index (χ4n) is 4.00. The molecule has 1 aliphatic carbocycles. The minimum absolute atomic E-state index is 0.163. The average Bonchev–Trinajstić information content (AvgIpc) is 3.14. The molecule has 1 saturated carbocycles. The van der Waals surface area contributed by atoms with Crippen molar-refractivity contribution in [1.29, 1.82) is 0 Å². The predicted molar refractivity (Wildman–Crippen MR) is 73.5 cm³/mol. The maximum Gasteiger partial charge on any atom is 0.233 e. The Hall–Kier alpha value is -1.55. The normalized spacial score (nSPS) is 34.8. The molecule has 2 fully saturated rings. The van der Waals surface area contributed by atoms with Gasteiger partial charge in [0.25, 0.3) is 0 Å². The Morgan fingerprint density at radius 1 is 1.25 bits per heavy atom. The Morgan fingerprint density at radius 2 is 2.10 bits per heavy atom. The Morgan fingerprint density at radius 3 is 2.95 bits per heavy atom. The minimum Gasteiger partial charge on any atom is -0.492 e. The summed E-state index contributed by atoms with van der Waals surface area (Å²) in [5, 5.41) is 9.96. The second kappa shape index (κ2) is 4.48. The quantitative estimate of drug-likeness (QED) is 0.841. The molecule has 0 spiro atoms. The standard InChI is InChI=1S/C16H19NO3/c18-14-6-5-10-7-17(8-12(10)14)16(19)13-9-20-15-4-2-1-3-11(13)15/h1-4,10,12-14,18H,5-9H2. The third kappa shape index (κ3) is 1.74. The molecule has 1 amide bonds. The Labute approximate surface area is 118 Å². The summed E-state index contributed by atoms with van der Waals surface area (Å²) in [7, 11) is 0. The van der Waals surface area contributed by atoms with Crippen molar-refractivity contribution in [2.24, 2.45) is 11.8 Å². The number of carbonyl (C=O) groups is 1. The van der Waals surface area contributed by atoms with Crippen LogP contribution in [0.25, 0.3) is 0 Å². The minimum atomic E-state index is -0.218. The summed E-state index contributed by atoms with van der Waals surface area (Å²) in [5.74, 6) is 1.62. The van der Waals surface area contributed by atoms with E-state index < -0.39 is 0 Å². The van der Waals surface area contributed by atoms with E-state index in [4.69, 9.17) is 4.74 Å². The lowest BCUT2D eigenvalue weighted by Gasteiger charge is -2.21. The first kappa shape index (κ1) is 12.2. The Kier molecular flexibility index (Phi) is 2.74. The lowest BCUT2D eigenvalue weighted by Crippen LogP contribution is -2.35. The molecular weight excluding hydrogens is 254 g/mol. The van der Waals surface area contributed by atoms with Gasteiger partial charge in [-0.3, -0.25) is 4.79 Å². The van der Waals surface area contributed by atoms with Gasteiger partial charge in [-0.05, 0) is 24.8 Å². The molecule has 0 bridgehead atoms. The van der Waals surface area contributed by atoms with Crippen LogP contribution >= 0.6 is 0 Å². The van der Waals surface area contributed by atoms with E-state index >= 15 is 0 Å². The molecule has 0 radical (unpaired) electrons. The molecule has 4 heteroatoms. The van der Waals surface area contributed by atoms with Crippen LogP contribution in [-0.2, 0) is 4.79 Å². The first-order valence-corrected chi connectivity index (χ1v) is 7.42. The molecule has 1 aromatic rings. The van der Waals surface area contributed by atoms with E-state index in [1.165, 1.54) is 0 Å². The lowest BCUT2D eigenvalue weighted by molar-refractivity contribution is -0.132. The van der Waals surface area contributed by atoms with Crippen LogP contribution in [-0.4, -0.2) is 41.7 Å². The van der Waals surface area contributed by atoms with Gasteiger partial charge < -0.3 is 14.7 Å². The zero-order chi connectivity index (χ0) is 13.7. The monoisotopic (exact) mass is 273 g/mol. The van der Waals surface area contributed by atoms with Gasteiger partial charge in [-0.1, -0.05) is 18.2 Å². The van der Waals surface area contributed by atoms with Crippen LogP contribution in [0, 0.1) is 11.8 Å². The maximum absolute atomic E-state index is 12.7. The maximum atomic E-state index is 12.7. The first-order chi connectivity index (χ1) is 9.74. The van der Waals surface area contributed by atoms with Crippen LogP contribution < -0.4 is 4.74 Å². The molecule has 0 aromatic heterocycles. The summed E-state index contributed by atoms with van der Waals surface area (Å²) in [6.07, 6.45) is 1.73. The summed E-state index contributed by atoms with van der Waals surface area (Å²) >= 11 is 0. The van der Waals surface area contributed by atoms with Crippen molar-refractivity contribution in [3.05, 3.63) is 29.8 Å². The van der Waals surface area contributed by atoms with Gasteiger partial charge in [0.15, 0.2) is 0 Å². The number of aliphatic hydroxyl groups excluding tert-OH is 1. The van der Waals surface area contributed by atoms with Gasteiger partial charge in [0.1, 0.15) is 18.3 Å². The summed E-state index contributed by atoms with van der Waals surface area (Å²) in [5.41, 5.74) is 1.01. The van der Waals surface area contributed by atoms with Crippen molar-refractivity contribution in [2.75, 3.05) is 19.7 Å². The highest BCUT2D eigenvalue weighted by Gasteiger charge is 2.45. The SMILES string of the molecule is O=C(C1COc2ccccc21)N1CC2CCC(O)C2C1. The van der Waals surface area contributed by atoms with E-state index in [0.717, 1.165) is 30.7 Å². The number of ether oxygens (including phenoxy) is 1. The molecular formula is C16H19NO3. The molecule has 1 N–H and O–H groups in total. The zero-order valence-corrected chi connectivity index (χ0v) is 11.4. The van der Waals surface area contributed by atoms with Crippen molar-refractivity contribution in [1.82, 2.24) is 4.90 Å². The fraction of sp³-hybridized carbons (Fsp3) is 0.562. The third-order valence-corrected chi connectivity index (χ3v) is 5.13. The van der Waals surface area contributed by atoms with Crippen LogP contribution in [0.2, 0.25) is 0 Å². The Balaban J connectivity index is 1.52. The molecule has 4 nitrogen and oxygen atoms in total. The fourth-order valence-corrected chi connectivity index (χ4v) is 4.00. The number of likely N-dealkylation sites (tertiary alicyclic amines) is 1. The average molecular weight is 273 g/mol. The van der Waals surface area contributed by atoms with E-state index in [0.29, 0.717) is 19.1 Å². The smallest absolute Gasteiger partial charge is 0.233 e.